The minimum absolute atomic E-state index is 0.183. The summed E-state index contributed by atoms with van der Waals surface area (Å²) in [5.41, 5.74) is -0.689. The summed E-state index contributed by atoms with van der Waals surface area (Å²) >= 11 is 0. The predicted octanol–water partition coefficient (Wildman–Crippen LogP) is 3.89. The van der Waals surface area contributed by atoms with E-state index in [1.807, 2.05) is 0 Å². The highest BCUT2D eigenvalue weighted by Crippen LogP contribution is 2.33. The molecule has 0 aliphatic heterocycles. The van der Waals surface area contributed by atoms with Crippen molar-refractivity contribution in [1.29, 1.82) is 0 Å². The van der Waals surface area contributed by atoms with Crippen LogP contribution >= 0.6 is 0 Å². The summed E-state index contributed by atoms with van der Waals surface area (Å²) in [7, 11) is 1.58. The first kappa shape index (κ1) is 17.6. The van der Waals surface area contributed by atoms with Crippen LogP contribution in [-0.4, -0.2) is 20.7 Å². The van der Waals surface area contributed by atoms with Crippen molar-refractivity contribution >= 4 is 11.6 Å². The molecule has 26 heavy (non-hydrogen) atoms. The Labute approximate surface area is 145 Å². The molecule has 0 aliphatic carbocycles. The van der Waals surface area contributed by atoms with Crippen molar-refractivity contribution in [2.75, 3.05) is 5.32 Å². The first-order valence-electron chi connectivity index (χ1n) is 7.39. The van der Waals surface area contributed by atoms with Crippen LogP contribution in [0.3, 0.4) is 0 Å². The molecule has 0 unspecified atom stereocenters. The molecule has 0 saturated carbocycles. The molecule has 0 fully saturated rings. The lowest BCUT2D eigenvalue weighted by Gasteiger charge is -2.12. The Bertz CT molecular complexity index is 948. The molecule has 1 N–H and O–H groups in total. The molecule has 3 rings (SSSR count). The summed E-state index contributed by atoms with van der Waals surface area (Å²) < 4.78 is 53.6. The van der Waals surface area contributed by atoms with Crippen LogP contribution in [0.2, 0.25) is 0 Å². The number of hydrogen-bond donors (Lipinski definition) is 1. The SMILES string of the molecule is Cn1cc(NC(=O)c2ccccc2C(F)(F)F)c(-c2ccc(F)nc2)n1. The van der Waals surface area contributed by atoms with Gasteiger partial charge in [0.05, 0.1) is 16.8 Å². The Kier molecular flexibility index (Phi) is 4.45. The van der Waals surface area contributed by atoms with Gasteiger partial charge in [0.2, 0.25) is 5.95 Å². The minimum Gasteiger partial charge on any atom is -0.319 e. The van der Waals surface area contributed by atoms with Crippen molar-refractivity contribution in [2.45, 2.75) is 6.18 Å². The topological polar surface area (TPSA) is 59.8 Å². The highest BCUT2D eigenvalue weighted by molar-refractivity contribution is 6.06. The molecule has 0 radical (unpaired) electrons. The molecule has 5 nitrogen and oxygen atoms in total. The zero-order valence-electron chi connectivity index (χ0n) is 13.4. The van der Waals surface area contributed by atoms with E-state index in [1.165, 1.54) is 35.3 Å². The normalized spacial score (nSPS) is 11.4. The van der Waals surface area contributed by atoms with Gasteiger partial charge in [-0.15, -0.1) is 0 Å². The predicted molar refractivity (Wildman–Crippen MR) is 85.8 cm³/mol. The number of benzene rings is 1. The van der Waals surface area contributed by atoms with Crippen molar-refractivity contribution in [3.05, 3.63) is 65.9 Å². The Balaban J connectivity index is 1.96. The molecule has 2 heterocycles. The van der Waals surface area contributed by atoms with Crippen molar-refractivity contribution in [3.63, 3.8) is 0 Å². The number of halogens is 4. The van der Waals surface area contributed by atoms with E-state index >= 15 is 0 Å². The van der Waals surface area contributed by atoms with Gasteiger partial charge >= 0.3 is 6.18 Å². The van der Waals surface area contributed by atoms with Gasteiger partial charge in [-0.05, 0) is 24.3 Å². The van der Waals surface area contributed by atoms with Crippen molar-refractivity contribution in [2.24, 2.45) is 7.05 Å². The summed E-state index contributed by atoms with van der Waals surface area (Å²) in [5, 5.41) is 6.58. The summed E-state index contributed by atoms with van der Waals surface area (Å²) in [6.45, 7) is 0. The van der Waals surface area contributed by atoms with Gasteiger partial charge in [0, 0.05) is 25.0 Å². The lowest BCUT2D eigenvalue weighted by Crippen LogP contribution is -2.18. The lowest BCUT2D eigenvalue weighted by atomic mass is 10.1. The van der Waals surface area contributed by atoms with Gasteiger partial charge in [-0.3, -0.25) is 9.48 Å². The van der Waals surface area contributed by atoms with Gasteiger partial charge < -0.3 is 5.32 Å². The summed E-state index contributed by atoms with van der Waals surface area (Å²) in [5.74, 6) is -1.61. The minimum atomic E-state index is -4.66. The van der Waals surface area contributed by atoms with Crippen LogP contribution in [0.4, 0.5) is 23.2 Å². The Morgan fingerprint density at radius 3 is 2.54 bits per heavy atom. The molecule has 0 spiro atoms. The number of rotatable bonds is 3. The fourth-order valence-corrected chi connectivity index (χ4v) is 2.43. The fourth-order valence-electron chi connectivity index (χ4n) is 2.43. The highest BCUT2D eigenvalue weighted by Gasteiger charge is 2.35. The third kappa shape index (κ3) is 3.56. The van der Waals surface area contributed by atoms with Gasteiger partial charge in [0.1, 0.15) is 5.69 Å². The van der Waals surface area contributed by atoms with Crippen LogP contribution in [0, 0.1) is 5.95 Å². The second-order valence-electron chi connectivity index (χ2n) is 5.43. The number of amides is 1. The van der Waals surface area contributed by atoms with Crippen molar-refractivity contribution in [3.8, 4) is 11.3 Å². The van der Waals surface area contributed by atoms with Gasteiger partial charge in [0.15, 0.2) is 0 Å². The third-order valence-electron chi connectivity index (χ3n) is 3.55. The third-order valence-corrected chi connectivity index (χ3v) is 3.55. The standard InChI is InChI=1S/C17H12F4N4O/c1-25-9-13(15(24-25)10-6-7-14(18)22-8-10)23-16(26)11-4-2-3-5-12(11)17(19,20)21/h2-9H,1H3,(H,23,26). The maximum Gasteiger partial charge on any atom is 0.417 e. The van der Waals surface area contributed by atoms with Crippen LogP contribution in [-0.2, 0) is 13.2 Å². The first-order valence-corrected chi connectivity index (χ1v) is 7.39. The van der Waals surface area contributed by atoms with E-state index in [9.17, 15) is 22.4 Å². The number of anilines is 1. The fraction of sp³-hybridized carbons (Fsp3) is 0.118. The quantitative estimate of drug-likeness (QED) is 0.567. The molecule has 9 heteroatoms. The molecule has 0 atom stereocenters. The second kappa shape index (κ2) is 6.58. The molecule has 3 aromatic rings. The van der Waals surface area contributed by atoms with Crippen molar-refractivity contribution in [1.82, 2.24) is 14.8 Å². The van der Waals surface area contributed by atoms with E-state index in [2.05, 4.69) is 15.4 Å². The number of nitrogens with zero attached hydrogens (tertiary/aromatic N) is 3. The smallest absolute Gasteiger partial charge is 0.319 e. The molecule has 0 aliphatic rings. The number of pyridine rings is 1. The Morgan fingerprint density at radius 1 is 1.15 bits per heavy atom. The second-order valence-corrected chi connectivity index (χ2v) is 5.43. The van der Waals surface area contributed by atoms with E-state index in [4.69, 9.17) is 0 Å². The number of carbonyl (C=O) groups is 1. The van der Waals surface area contributed by atoms with E-state index in [-0.39, 0.29) is 11.4 Å². The van der Waals surface area contributed by atoms with Gasteiger partial charge in [-0.2, -0.15) is 22.7 Å². The number of nitrogens with one attached hydrogen (secondary N) is 1. The number of hydrogen-bond acceptors (Lipinski definition) is 3. The zero-order valence-corrected chi connectivity index (χ0v) is 13.4. The van der Waals surface area contributed by atoms with Crippen LogP contribution in [0.15, 0.2) is 48.8 Å². The molecule has 1 aromatic carbocycles. The zero-order chi connectivity index (χ0) is 18.9. The van der Waals surface area contributed by atoms with E-state index in [0.717, 1.165) is 18.2 Å². The van der Waals surface area contributed by atoms with Gasteiger partial charge in [-0.25, -0.2) is 4.98 Å². The van der Waals surface area contributed by atoms with E-state index in [1.54, 1.807) is 7.05 Å². The lowest BCUT2D eigenvalue weighted by molar-refractivity contribution is -0.137. The average Bonchev–Trinajstić information content (AvgIpc) is 2.95. The largest absolute Gasteiger partial charge is 0.417 e. The van der Waals surface area contributed by atoms with Crippen LogP contribution in [0.5, 0.6) is 0 Å². The molecule has 1 amide bonds. The van der Waals surface area contributed by atoms with Crippen LogP contribution in [0.1, 0.15) is 15.9 Å². The maximum atomic E-state index is 13.1. The highest BCUT2D eigenvalue weighted by atomic mass is 19.4. The average molecular weight is 364 g/mol. The van der Waals surface area contributed by atoms with Gasteiger partial charge in [-0.1, -0.05) is 12.1 Å². The van der Waals surface area contributed by atoms with Crippen molar-refractivity contribution < 1.29 is 22.4 Å². The van der Waals surface area contributed by atoms with E-state index in [0.29, 0.717) is 5.56 Å². The first-order chi connectivity index (χ1) is 12.3. The molecular weight excluding hydrogens is 352 g/mol. The molecule has 0 saturated heterocycles. The molecule has 0 bridgehead atoms. The monoisotopic (exact) mass is 364 g/mol. The molecule has 134 valence electrons. The number of alkyl halides is 3. The maximum absolute atomic E-state index is 13.1. The number of aromatic nitrogens is 3. The van der Waals surface area contributed by atoms with Gasteiger partial charge in [0.25, 0.3) is 5.91 Å². The number of carbonyl (C=O) groups excluding carboxylic acids is 1. The van der Waals surface area contributed by atoms with E-state index < -0.39 is 29.2 Å². The summed E-state index contributed by atoms with van der Waals surface area (Å²) in [6, 6.07) is 7.01. The Hall–Kier alpha value is -3.23. The molecular formula is C17H12F4N4O. The molecule has 2 aromatic heterocycles. The van der Waals surface area contributed by atoms with Crippen LogP contribution in [0.25, 0.3) is 11.3 Å². The Morgan fingerprint density at radius 2 is 1.88 bits per heavy atom. The summed E-state index contributed by atoms with van der Waals surface area (Å²) in [4.78, 5) is 15.9. The van der Waals surface area contributed by atoms with Crippen LogP contribution < -0.4 is 5.32 Å². The number of aryl methyl sites for hydroxylation is 1. The summed E-state index contributed by atoms with van der Waals surface area (Å²) in [6.07, 6.45) is -2.00.